The molecule has 0 bridgehead atoms. The van der Waals surface area contributed by atoms with Crippen LogP contribution in [-0.2, 0) is 4.74 Å². The summed E-state index contributed by atoms with van der Waals surface area (Å²) in [5, 5.41) is 3.31. The molecule has 0 saturated heterocycles. The average Bonchev–Trinajstić information content (AvgIpc) is 2.45. The Balaban J connectivity index is 2.21. The quantitative estimate of drug-likeness (QED) is 0.625. The number of rotatable bonds is 11. The summed E-state index contributed by atoms with van der Waals surface area (Å²) in [5.74, 6) is 1.64. The Bertz CT molecular complexity index is 331. The van der Waals surface area contributed by atoms with E-state index < -0.39 is 0 Å². The Morgan fingerprint density at radius 3 is 2.26 bits per heavy atom. The lowest BCUT2D eigenvalue weighted by Crippen LogP contribution is -2.23. The highest BCUT2D eigenvalue weighted by molar-refractivity contribution is 5.39. The van der Waals surface area contributed by atoms with Gasteiger partial charge in [-0.25, -0.2) is 0 Å². The molecule has 0 spiro atoms. The van der Waals surface area contributed by atoms with Crippen molar-refractivity contribution in [2.75, 3.05) is 40.0 Å². The number of hydrogen-bond donors (Lipinski definition) is 1. The minimum atomic E-state index is 0.638. The van der Waals surface area contributed by atoms with Gasteiger partial charge in [0.1, 0.15) is 6.61 Å². The molecule has 0 heterocycles. The average molecular weight is 267 g/mol. The molecule has 19 heavy (non-hydrogen) atoms. The van der Waals surface area contributed by atoms with Gasteiger partial charge in [0.2, 0.25) is 0 Å². The summed E-state index contributed by atoms with van der Waals surface area (Å²) in [5.41, 5.74) is 0. The van der Waals surface area contributed by atoms with Crippen LogP contribution in [0.3, 0.4) is 0 Å². The predicted octanol–water partition coefficient (Wildman–Crippen LogP) is 2.48. The van der Waals surface area contributed by atoms with E-state index >= 15 is 0 Å². The van der Waals surface area contributed by atoms with Crippen LogP contribution in [0, 0.1) is 0 Å². The van der Waals surface area contributed by atoms with Crippen LogP contribution in [0.4, 0.5) is 0 Å². The third-order valence-corrected chi connectivity index (χ3v) is 2.55. The summed E-state index contributed by atoms with van der Waals surface area (Å²) in [6.45, 7) is 6.01. The summed E-state index contributed by atoms with van der Waals surface area (Å²) in [6, 6.07) is 7.80. The molecule has 0 aliphatic rings. The molecule has 0 aromatic heterocycles. The van der Waals surface area contributed by atoms with Crippen molar-refractivity contribution in [1.82, 2.24) is 5.32 Å². The van der Waals surface area contributed by atoms with Gasteiger partial charge >= 0.3 is 0 Å². The van der Waals surface area contributed by atoms with Crippen LogP contribution in [-0.4, -0.2) is 40.0 Å². The second-order valence-electron chi connectivity index (χ2n) is 4.24. The van der Waals surface area contributed by atoms with Gasteiger partial charge in [-0.05, 0) is 31.5 Å². The molecule has 1 N–H and O–H groups in total. The number of nitrogens with one attached hydrogen (secondary N) is 1. The maximum atomic E-state index is 5.72. The number of hydrogen-bond acceptors (Lipinski definition) is 4. The minimum Gasteiger partial charge on any atom is -0.490 e. The van der Waals surface area contributed by atoms with Crippen LogP contribution in [0.5, 0.6) is 11.5 Å². The second kappa shape index (κ2) is 10.6. The van der Waals surface area contributed by atoms with Gasteiger partial charge in [0.05, 0.1) is 6.61 Å². The fourth-order valence-corrected chi connectivity index (χ4v) is 1.60. The van der Waals surface area contributed by atoms with E-state index in [1.807, 2.05) is 24.3 Å². The Morgan fingerprint density at radius 1 is 0.947 bits per heavy atom. The van der Waals surface area contributed by atoms with Crippen LogP contribution in [0.1, 0.15) is 19.8 Å². The predicted molar refractivity (Wildman–Crippen MR) is 77.1 cm³/mol. The third-order valence-electron chi connectivity index (χ3n) is 2.55. The number of para-hydroxylation sites is 2. The van der Waals surface area contributed by atoms with Crippen molar-refractivity contribution in [3.63, 3.8) is 0 Å². The van der Waals surface area contributed by atoms with Crippen LogP contribution < -0.4 is 14.8 Å². The van der Waals surface area contributed by atoms with Gasteiger partial charge < -0.3 is 19.5 Å². The Labute approximate surface area is 116 Å². The highest BCUT2D eigenvalue weighted by Gasteiger charge is 2.02. The molecule has 0 radical (unpaired) electrons. The van der Waals surface area contributed by atoms with Gasteiger partial charge in [-0.2, -0.15) is 0 Å². The van der Waals surface area contributed by atoms with E-state index in [9.17, 15) is 0 Å². The standard InChI is InChI=1S/C15H25NO3/c1-3-11-18-14-7-4-5-8-15(14)19-13-10-16-9-6-12-17-2/h4-5,7-8,16H,3,6,9-13H2,1-2H3. The fraction of sp³-hybridized carbons (Fsp3) is 0.600. The van der Waals surface area contributed by atoms with E-state index in [0.29, 0.717) is 6.61 Å². The smallest absolute Gasteiger partial charge is 0.161 e. The molecule has 0 aliphatic carbocycles. The summed E-state index contributed by atoms with van der Waals surface area (Å²) in [4.78, 5) is 0. The van der Waals surface area contributed by atoms with Crippen LogP contribution >= 0.6 is 0 Å². The zero-order valence-electron chi connectivity index (χ0n) is 12.0. The van der Waals surface area contributed by atoms with Gasteiger partial charge in [0.15, 0.2) is 11.5 Å². The molecule has 1 rings (SSSR count). The van der Waals surface area contributed by atoms with Crippen molar-refractivity contribution >= 4 is 0 Å². The van der Waals surface area contributed by atoms with Gasteiger partial charge in [0.25, 0.3) is 0 Å². The highest BCUT2D eigenvalue weighted by atomic mass is 16.5. The molecule has 1 aromatic carbocycles. The van der Waals surface area contributed by atoms with Crippen molar-refractivity contribution in [2.45, 2.75) is 19.8 Å². The van der Waals surface area contributed by atoms with E-state index in [1.54, 1.807) is 7.11 Å². The molecule has 4 nitrogen and oxygen atoms in total. The zero-order valence-corrected chi connectivity index (χ0v) is 12.0. The van der Waals surface area contributed by atoms with Crippen molar-refractivity contribution in [3.8, 4) is 11.5 Å². The molecule has 0 saturated carbocycles. The van der Waals surface area contributed by atoms with Gasteiger partial charge in [-0.3, -0.25) is 0 Å². The van der Waals surface area contributed by atoms with Crippen molar-refractivity contribution in [3.05, 3.63) is 24.3 Å². The first kappa shape index (κ1) is 15.8. The maximum Gasteiger partial charge on any atom is 0.161 e. The first-order valence-corrected chi connectivity index (χ1v) is 6.92. The van der Waals surface area contributed by atoms with Crippen LogP contribution in [0.2, 0.25) is 0 Å². The third kappa shape index (κ3) is 7.03. The Kier molecular flexibility index (Phi) is 8.85. The second-order valence-corrected chi connectivity index (χ2v) is 4.24. The molecule has 0 fully saturated rings. The van der Waals surface area contributed by atoms with Crippen molar-refractivity contribution in [1.29, 1.82) is 0 Å². The minimum absolute atomic E-state index is 0.638. The fourth-order valence-electron chi connectivity index (χ4n) is 1.60. The zero-order chi connectivity index (χ0) is 13.8. The molecule has 0 atom stereocenters. The molecule has 1 aromatic rings. The number of ether oxygens (including phenoxy) is 3. The molecule has 0 aliphatic heterocycles. The topological polar surface area (TPSA) is 39.7 Å². The summed E-state index contributed by atoms with van der Waals surface area (Å²) < 4.78 is 16.3. The largest absolute Gasteiger partial charge is 0.490 e. The highest BCUT2D eigenvalue weighted by Crippen LogP contribution is 2.26. The van der Waals surface area contributed by atoms with Crippen molar-refractivity contribution in [2.24, 2.45) is 0 Å². The molecule has 4 heteroatoms. The first-order chi connectivity index (χ1) is 9.38. The van der Waals surface area contributed by atoms with E-state index in [1.165, 1.54) is 0 Å². The molecule has 0 unspecified atom stereocenters. The van der Waals surface area contributed by atoms with Gasteiger partial charge in [0, 0.05) is 20.3 Å². The van der Waals surface area contributed by atoms with E-state index in [-0.39, 0.29) is 0 Å². The first-order valence-electron chi connectivity index (χ1n) is 6.92. The maximum absolute atomic E-state index is 5.72. The number of benzene rings is 1. The van der Waals surface area contributed by atoms with Crippen LogP contribution in [0.15, 0.2) is 24.3 Å². The van der Waals surface area contributed by atoms with E-state index in [0.717, 1.165) is 50.6 Å². The lowest BCUT2D eigenvalue weighted by molar-refractivity contribution is 0.193. The summed E-state index contributed by atoms with van der Waals surface area (Å²) in [6.07, 6.45) is 2.02. The van der Waals surface area contributed by atoms with Gasteiger partial charge in [-0.15, -0.1) is 0 Å². The molecule has 0 amide bonds. The van der Waals surface area contributed by atoms with E-state index in [4.69, 9.17) is 14.2 Å². The summed E-state index contributed by atoms with van der Waals surface area (Å²) in [7, 11) is 1.72. The monoisotopic (exact) mass is 267 g/mol. The lowest BCUT2D eigenvalue weighted by atomic mass is 10.3. The number of methoxy groups -OCH3 is 1. The van der Waals surface area contributed by atoms with E-state index in [2.05, 4.69) is 12.2 Å². The van der Waals surface area contributed by atoms with Crippen molar-refractivity contribution < 1.29 is 14.2 Å². The Hall–Kier alpha value is -1.26. The molecular weight excluding hydrogens is 242 g/mol. The SMILES string of the molecule is CCCOc1ccccc1OCCNCCCOC. The van der Waals surface area contributed by atoms with Gasteiger partial charge in [-0.1, -0.05) is 19.1 Å². The molecule has 108 valence electrons. The lowest BCUT2D eigenvalue weighted by Gasteiger charge is -2.12. The summed E-state index contributed by atoms with van der Waals surface area (Å²) >= 11 is 0. The molecular formula is C15H25NO3. The Morgan fingerprint density at radius 2 is 1.63 bits per heavy atom. The normalized spacial score (nSPS) is 10.4. The van der Waals surface area contributed by atoms with Crippen LogP contribution in [0.25, 0.3) is 0 Å².